The predicted molar refractivity (Wildman–Crippen MR) is 99.2 cm³/mol. The molecule has 0 atom stereocenters. The molecular formula is C19H16N2O5S. The van der Waals surface area contributed by atoms with E-state index in [0.717, 1.165) is 0 Å². The van der Waals surface area contributed by atoms with Crippen molar-refractivity contribution in [2.75, 3.05) is 0 Å². The Morgan fingerprint density at radius 2 is 1.74 bits per heavy atom. The molecule has 138 valence electrons. The molecular weight excluding hydrogens is 368 g/mol. The maximum Gasteiger partial charge on any atom is 0.307 e. The Morgan fingerprint density at radius 1 is 1.04 bits per heavy atom. The number of aromatic hydroxyl groups is 1. The monoisotopic (exact) mass is 384 g/mol. The highest BCUT2D eigenvalue weighted by molar-refractivity contribution is 7.90. The van der Waals surface area contributed by atoms with Crippen molar-refractivity contribution in [1.82, 2.24) is 5.43 Å². The molecule has 2 aromatic carbocycles. The molecule has 1 amide bonds. The van der Waals surface area contributed by atoms with E-state index in [9.17, 15) is 18.3 Å². The number of rotatable bonds is 6. The molecule has 0 fully saturated rings. The molecule has 27 heavy (non-hydrogen) atoms. The summed E-state index contributed by atoms with van der Waals surface area (Å²) in [6.07, 6.45) is 1.40. The van der Waals surface area contributed by atoms with Gasteiger partial charge < -0.3 is 9.52 Å². The highest BCUT2D eigenvalue weighted by Gasteiger charge is 2.19. The van der Waals surface area contributed by atoms with Crippen LogP contribution in [0.1, 0.15) is 21.9 Å². The number of benzene rings is 2. The van der Waals surface area contributed by atoms with Gasteiger partial charge in [0.1, 0.15) is 17.3 Å². The average molecular weight is 384 g/mol. The van der Waals surface area contributed by atoms with Gasteiger partial charge in [-0.25, -0.2) is 13.8 Å². The van der Waals surface area contributed by atoms with Crippen molar-refractivity contribution in [3.05, 3.63) is 83.8 Å². The van der Waals surface area contributed by atoms with Crippen LogP contribution in [0.15, 0.2) is 81.1 Å². The first-order valence-corrected chi connectivity index (χ1v) is 9.58. The number of nitrogens with zero attached hydrogens (tertiary/aromatic N) is 1. The molecule has 3 rings (SSSR count). The predicted octanol–water partition coefficient (Wildman–Crippen LogP) is 2.72. The fourth-order valence-corrected chi connectivity index (χ4v) is 3.53. The third kappa shape index (κ3) is 4.83. The molecule has 2 N–H and O–H groups in total. The maximum absolute atomic E-state index is 12.3. The summed E-state index contributed by atoms with van der Waals surface area (Å²) in [6, 6.07) is 17.1. The van der Waals surface area contributed by atoms with Crippen LogP contribution in [0.5, 0.6) is 5.75 Å². The van der Waals surface area contributed by atoms with Gasteiger partial charge in [-0.1, -0.05) is 18.2 Å². The highest BCUT2D eigenvalue weighted by atomic mass is 32.2. The maximum atomic E-state index is 12.3. The number of sulfone groups is 1. The van der Waals surface area contributed by atoms with Gasteiger partial charge in [0.15, 0.2) is 15.6 Å². The van der Waals surface area contributed by atoms with Crippen molar-refractivity contribution in [3.63, 3.8) is 0 Å². The van der Waals surface area contributed by atoms with E-state index in [1.807, 2.05) is 0 Å². The molecule has 0 aliphatic rings. The molecule has 3 aromatic rings. The smallest absolute Gasteiger partial charge is 0.307 e. The molecule has 0 bridgehead atoms. The Balaban J connectivity index is 1.63. The van der Waals surface area contributed by atoms with Crippen LogP contribution >= 0.6 is 0 Å². The Kier molecular flexibility index (Phi) is 5.37. The fourth-order valence-electron chi connectivity index (χ4n) is 2.26. The second-order valence-corrected chi connectivity index (χ2v) is 7.62. The topological polar surface area (TPSA) is 109 Å². The second kappa shape index (κ2) is 7.88. The van der Waals surface area contributed by atoms with E-state index >= 15 is 0 Å². The van der Waals surface area contributed by atoms with Gasteiger partial charge in [0, 0.05) is 0 Å². The number of carbonyl (C=O) groups excluding carboxylic acids is 1. The van der Waals surface area contributed by atoms with Crippen LogP contribution < -0.4 is 5.43 Å². The zero-order valence-corrected chi connectivity index (χ0v) is 14.9. The number of amides is 1. The number of nitrogens with one attached hydrogen (secondary N) is 1. The van der Waals surface area contributed by atoms with Crippen molar-refractivity contribution in [2.45, 2.75) is 10.6 Å². The quantitative estimate of drug-likeness (QED) is 0.502. The first kappa shape index (κ1) is 18.4. The van der Waals surface area contributed by atoms with Crippen LogP contribution in [0.3, 0.4) is 0 Å². The van der Waals surface area contributed by atoms with Crippen molar-refractivity contribution >= 4 is 22.0 Å². The summed E-state index contributed by atoms with van der Waals surface area (Å²) in [5.41, 5.74) is 2.98. The minimum atomic E-state index is -3.56. The van der Waals surface area contributed by atoms with E-state index in [1.165, 1.54) is 42.6 Å². The molecule has 0 radical (unpaired) electrons. The Hall–Kier alpha value is -3.39. The number of hydrazone groups is 1. The summed E-state index contributed by atoms with van der Waals surface area (Å²) < 4.78 is 30.0. The lowest BCUT2D eigenvalue weighted by molar-refractivity contribution is 0.0926. The van der Waals surface area contributed by atoms with E-state index in [0.29, 0.717) is 5.56 Å². The van der Waals surface area contributed by atoms with Gasteiger partial charge in [0.2, 0.25) is 0 Å². The van der Waals surface area contributed by atoms with Crippen molar-refractivity contribution in [3.8, 4) is 5.75 Å². The van der Waals surface area contributed by atoms with Gasteiger partial charge in [-0.05, 0) is 54.1 Å². The molecule has 0 saturated heterocycles. The number of phenolic OH excluding ortho intramolecular Hbond substituents is 1. The summed E-state index contributed by atoms with van der Waals surface area (Å²) in [7, 11) is -3.56. The minimum Gasteiger partial charge on any atom is -0.508 e. The van der Waals surface area contributed by atoms with Crippen LogP contribution in [0.25, 0.3) is 0 Å². The van der Waals surface area contributed by atoms with Crippen LogP contribution in [0.2, 0.25) is 0 Å². The third-order valence-corrected chi connectivity index (χ3v) is 5.25. The Labute approximate surface area is 155 Å². The third-order valence-electron chi connectivity index (χ3n) is 3.59. The molecule has 7 nitrogen and oxygen atoms in total. The van der Waals surface area contributed by atoms with Gasteiger partial charge >= 0.3 is 5.91 Å². The van der Waals surface area contributed by atoms with Crippen LogP contribution in [0.4, 0.5) is 0 Å². The molecule has 0 unspecified atom stereocenters. The van der Waals surface area contributed by atoms with Crippen LogP contribution in [0, 0.1) is 0 Å². The van der Waals surface area contributed by atoms with Gasteiger partial charge in [-0.2, -0.15) is 5.10 Å². The average Bonchev–Trinajstić information content (AvgIpc) is 3.12. The number of hydrogen-bond donors (Lipinski definition) is 2. The van der Waals surface area contributed by atoms with E-state index in [4.69, 9.17) is 4.42 Å². The van der Waals surface area contributed by atoms with Crippen molar-refractivity contribution < 1.29 is 22.7 Å². The standard InChI is InChI=1S/C19H16N2O5S/c22-15-8-6-14(7-9-15)12-20-21-19(23)18-11-10-16(26-18)13-27(24,25)17-4-2-1-3-5-17/h1-12,22H,13H2,(H,21,23)/b20-12+. The summed E-state index contributed by atoms with van der Waals surface area (Å²) in [6.45, 7) is 0. The van der Waals surface area contributed by atoms with Gasteiger partial charge in [0.25, 0.3) is 0 Å². The van der Waals surface area contributed by atoms with E-state index in [-0.39, 0.29) is 27.9 Å². The lowest BCUT2D eigenvalue weighted by atomic mass is 10.2. The highest BCUT2D eigenvalue weighted by Crippen LogP contribution is 2.18. The zero-order valence-electron chi connectivity index (χ0n) is 14.1. The van der Waals surface area contributed by atoms with E-state index in [2.05, 4.69) is 10.5 Å². The van der Waals surface area contributed by atoms with Crippen molar-refractivity contribution in [2.24, 2.45) is 5.10 Å². The first-order chi connectivity index (χ1) is 12.9. The van der Waals surface area contributed by atoms with Gasteiger partial charge in [-0.15, -0.1) is 0 Å². The second-order valence-electron chi connectivity index (χ2n) is 5.63. The molecule has 8 heteroatoms. The van der Waals surface area contributed by atoms with E-state index in [1.54, 1.807) is 30.3 Å². The summed E-state index contributed by atoms with van der Waals surface area (Å²) in [5, 5.41) is 13.0. The van der Waals surface area contributed by atoms with Crippen LogP contribution in [-0.4, -0.2) is 25.6 Å². The lowest BCUT2D eigenvalue weighted by Gasteiger charge is -2.02. The van der Waals surface area contributed by atoms with Gasteiger partial charge in [-0.3, -0.25) is 4.79 Å². The zero-order chi connectivity index (χ0) is 19.3. The van der Waals surface area contributed by atoms with Crippen LogP contribution in [-0.2, 0) is 15.6 Å². The SMILES string of the molecule is O=C(N/N=C/c1ccc(O)cc1)c1ccc(CS(=O)(=O)c2ccccc2)o1. The lowest BCUT2D eigenvalue weighted by Crippen LogP contribution is -2.16. The number of furan rings is 1. The number of hydrogen-bond acceptors (Lipinski definition) is 6. The summed E-state index contributed by atoms with van der Waals surface area (Å²) in [5.74, 6) is -0.707. The fraction of sp³-hybridized carbons (Fsp3) is 0.0526. The summed E-state index contributed by atoms with van der Waals surface area (Å²) >= 11 is 0. The number of carbonyl (C=O) groups is 1. The van der Waals surface area contributed by atoms with Gasteiger partial charge in [0.05, 0.1) is 11.1 Å². The molecule has 1 heterocycles. The molecule has 0 aliphatic heterocycles. The molecule has 0 spiro atoms. The van der Waals surface area contributed by atoms with E-state index < -0.39 is 15.7 Å². The first-order valence-electron chi connectivity index (χ1n) is 7.93. The Bertz CT molecular complexity index is 1050. The normalized spacial score (nSPS) is 11.6. The minimum absolute atomic E-state index is 0.0453. The largest absolute Gasteiger partial charge is 0.508 e. The number of phenols is 1. The van der Waals surface area contributed by atoms with Crippen molar-refractivity contribution in [1.29, 1.82) is 0 Å². The summed E-state index contributed by atoms with van der Waals surface area (Å²) in [4.78, 5) is 12.2. The Morgan fingerprint density at radius 3 is 2.44 bits per heavy atom. The molecule has 0 saturated carbocycles. The molecule has 1 aromatic heterocycles. The molecule has 0 aliphatic carbocycles.